The van der Waals surface area contributed by atoms with Crippen LogP contribution in [0.25, 0.3) is 110 Å². The molecular weight excluding hydrogens is 701 g/mol. The van der Waals surface area contributed by atoms with Gasteiger partial charge in [-0.15, -0.1) is 0 Å². The fourth-order valence-corrected chi connectivity index (χ4v) is 8.57. The highest BCUT2D eigenvalue weighted by Crippen LogP contribution is 2.41. The molecule has 0 N–H and O–H groups in total. The van der Waals surface area contributed by atoms with E-state index in [1.807, 2.05) is 0 Å². The van der Waals surface area contributed by atoms with Gasteiger partial charge in [0, 0.05) is 16.7 Å². The summed E-state index contributed by atoms with van der Waals surface area (Å²) < 4.78 is 0. The maximum atomic E-state index is 5.30. The fourth-order valence-electron chi connectivity index (χ4n) is 8.57. The molecule has 0 aliphatic heterocycles. The summed E-state index contributed by atoms with van der Waals surface area (Å²) in [6, 6.07) is 78.2. The minimum atomic E-state index is 0.695. The number of hydrogen-bond acceptors (Lipinski definition) is 2. The Labute approximate surface area is 337 Å². The average Bonchev–Trinajstić information content (AvgIpc) is 3.31. The molecule has 10 aromatic carbocycles. The van der Waals surface area contributed by atoms with Gasteiger partial charge in [0.25, 0.3) is 0 Å². The molecule has 0 radical (unpaired) electrons. The van der Waals surface area contributed by atoms with Gasteiger partial charge in [0.15, 0.2) is 5.82 Å². The summed E-state index contributed by atoms with van der Waals surface area (Å²) in [6.07, 6.45) is 0. The molecule has 0 saturated heterocycles. The van der Waals surface area contributed by atoms with Crippen LogP contribution in [0.5, 0.6) is 0 Å². The predicted octanol–water partition coefficient (Wildman–Crippen LogP) is 15.1. The van der Waals surface area contributed by atoms with Crippen LogP contribution in [0.4, 0.5) is 0 Å². The van der Waals surface area contributed by atoms with Crippen LogP contribution in [0.15, 0.2) is 218 Å². The van der Waals surface area contributed by atoms with Crippen LogP contribution in [0.3, 0.4) is 0 Å². The first-order valence-electron chi connectivity index (χ1n) is 19.8. The van der Waals surface area contributed by atoms with Crippen molar-refractivity contribution in [1.29, 1.82) is 0 Å². The third kappa shape index (κ3) is 6.00. The van der Waals surface area contributed by atoms with Crippen LogP contribution in [0.1, 0.15) is 0 Å². The second kappa shape index (κ2) is 14.1. The van der Waals surface area contributed by atoms with Gasteiger partial charge in [-0.25, -0.2) is 9.97 Å². The lowest BCUT2D eigenvalue weighted by Gasteiger charge is -2.15. The Morgan fingerprint density at radius 1 is 0.241 bits per heavy atom. The van der Waals surface area contributed by atoms with E-state index in [9.17, 15) is 0 Å². The van der Waals surface area contributed by atoms with Gasteiger partial charge in [-0.1, -0.05) is 194 Å². The summed E-state index contributed by atoms with van der Waals surface area (Å²) in [5, 5.41) is 9.88. The van der Waals surface area contributed by atoms with E-state index in [1.54, 1.807) is 0 Å². The number of hydrogen-bond donors (Lipinski definition) is 0. The van der Waals surface area contributed by atoms with Crippen molar-refractivity contribution < 1.29 is 0 Å². The number of fused-ring (bicyclic) bond motifs is 5. The molecule has 11 rings (SSSR count). The number of rotatable bonds is 6. The SMILES string of the molecule is c1ccc(-c2ccc(-c3cc(-c4ccccc4-c4ccccc4)nc(-c4ccc5cc(-c6c7ccccc7cc7c6ccc6ccccc67)ccc5c4)n3)cc2)cc1. The van der Waals surface area contributed by atoms with Crippen molar-refractivity contribution in [2.24, 2.45) is 0 Å². The van der Waals surface area contributed by atoms with Gasteiger partial charge in [0.2, 0.25) is 0 Å². The summed E-state index contributed by atoms with van der Waals surface area (Å²) in [7, 11) is 0. The van der Waals surface area contributed by atoms with E-state index in [0.717, 1.165) is 44.6 Å². The normalized spacial score (nSPS) is 11.4. The highest BCUT2D eigenvalue weighted by atomic mass is 14.9. The molecule has 0 unspecified atom stereocenters. The Bertz CT molecular complexity index is 3310. The van der Waals surface area contributed by atoms with Gasteiger partial charge >= 0.3 is 0 Å². The maximum absolute atomic E-state index is 5.30. The molecule has 1 heterocycles. The minimum Gasteiger partial charge on any atom is -0.228 e. The largest absolute Gasteiger partial charge is 0.228 e. The van der Waals surface area contributed by atoms with Crippen LogP contribution in [-0.2, 0) is 0 Å². The fraction of sp³-hybridized carbons (Fsp3) is 0. The van der Waals surface area contributed by atoms with Crippen molar-refractivity contribution in [2.75, 3.05) is 0 Å². The monoisotopic (exact) mass is 736 g/mol. The summed E-state index contributed by atoms with van der Waals surface area (Å²) in [5.41, 5.74) is 12.0. The van der Waals surface area contributed by atoms with E-state index >= 15 is 0 Å². The lowest BCUT2D eigenvalue weighted by atomic mass is 9.89. The van der Waals surface area contributed by atoms with E-state index in [4.69, 9.17) is 9.97 Å². The van der Waals surface area contributed by atoms with Gasteiger partial charge in [0.1, 0.15) is 0 Å². The molecule has 270 valence electrons. The van der Waals surface area contributed by atoms with Crippen molar-refractivity contribution in [2.45, 2.75) is 0 Å². The molecule has 0 amide bonds. The molecule has 0 saturated carbocycles. The molecule has 0 atom stereocenters. The Hall–Kier alpha value is -7.68. The van der Waals surface area contributed by atoms with Gasteiger partial charge in [-0.05, 0) is 101 Å². The van der Waals surface area contributed by atoms with Crippen molar-refractivity contribution in [3.05, 3.63) is 218 Å². The smallest absolute Gasteiger partial charge is 0.160 e. The second-order valence-corrected chi connectivity index (χ2v) is 14.9. The van der Waals surface area contributed by atoms with Crippen molar-refractivity contribution in [3.8, 4) is 67.3 Å². The molecule has 0 fully saturated rings. The van der Waals surface area contributed by atoms with Gasteiger partial charge in [-0.2, -0.15) is 0 Å². The third-order valence-corrected chi connectivity index (χ3v) is 11.5. The summed E-state index contributed by atoms with van der Waals surface area (Å²) >= 11 is 0. The van der Waals surface area contributed by atoms with Crippen LogP contribution in [0.2, 0.25) is 0 Å². The first kappa shape index (κ1) is 33.6. The zero-order valence-electron chi connectivity index (χ0n) is 31.7. The summed E-state index contributed by atoms with van der Waals surface area (Å²) in [6.45, 7) is 0. The van der Waals surface area contributed by atoms with E-state index in [1.165, 1.54) is 60.0 Å². The number of benzene rings is 10. The molecule has 58 heavy (non-hydrogen) atoms. The number of aromatic nitrogens is 2. The quantitative estimate of drug-likeness (QED) is 0.125. The van der Waals surface area contributed by atoms with Crippen molar-refractivity contribution in [1.82, 2.24) is 9.97 Å². The first-order chi connectivity index (χ1) is 28.7. The van der Waals surface area contributed by atoms with Crippen LogP contribution in [-0.4, -0.2) is 9.97 Å². The van der Waals surface area contributed by atoms with Crippen molar-refractivity contribution in [3.63, 3.8) is 0 Å². The van der Waals surface area contributed by atoms with Crippen LogP contribution >= 0.6 is 0 Å². The minimum absolute atomic E-state index is 0.695. The lowest BCUT2D eigenvalue weighted by Crippen LogP contribution is -1.97. The van der Waals surface area contributed by atoms with Crippen molar-refractivity contribution >= 4 is 43.1 Å². The Morgan fingerprint density at radius 3 is 1.55 bits per heavy atom. The highest BCUT2D eigenvalue weighted by molar-refractivity contribution is 6.20. The molecule has 2 nitrogen and oxygen atoms in total. The molecule has 2 heteroatoms. The topological polar surface area (TPSA) is 25.8 Å². The van der Waals surface area contributed by atoms with E-state index in [2.05, 4.69) is 218 Å². The number of nitrogens with zero attached hydrogens (tertiary/aromatic N) is 2. The molecule has 0 aliphatic rings. The van der Waals surface area contributed by atoms with E-state index in [-0.39, 0.29) is 0 Å². The Balaban J connectivity index is 1.05. The second-order valence-electron chi connectivity index (χ2n) is 14.9. The maximum Gasteiger partial charge on any atom is 0.160 e. The first-order valence-corrected chi connectivity index (χ1v) is 19.8. The molecule has 1 aromatic heterocycles. The standard InChI is InChI=1S/C56H36N2/c1-3-13-37(14-4-1)38-23-25-41(26-24-38)53-36-54(50-22-12-11-19-47(50)39-15-5-2-6-16-39)58-56(57-53)46-30-28-42-33-45(29-27-43(42)34-46)55-49-21-10-8-18-44(49)35-52-48-20-9-7-17-40(48)31-32-51(52)55/h1-36H. The van der Waals surface area contributed by atoms with Crippen LogP contribution < -0.4 is 0 Å². The Kier molecular flexibility index (Phi) is 8.19. The Morgan fingerprint density at radius 2 is 0.776 bits per heavy atom. The zero-order chi connectivity index (χ0) is 38.4. The van der Waals surface area contributed by atoms with Crippen LogP contribution in [0, 0.1) is 0 Å². The third-order valence-electron chi connectivity index (χ3n) is 11.5. The predicted molar refractivity (Wildman–Crippen MR) is 245 cm³/mol. The molecule has 11 aromatic rings. The summed E-state index contributed by atoms with van der Waals surface area (Å²) in [4.78, 5) is 10.6. The average molecular weight is 737 g/mol. The van der Waals surface area contributed by atoms with E-state index in [0.29, 0.717) is 5.82 Å². The van der Waals surface area contributed by atoms with Gasteiger partial charge in [-0.3, -0.25) is 0 Å². The van der Waals surface area contributed by atoms with Gasteiger partial charge < -0.3 is 0 Å². The van der Waals surface area contributed by atoms with E-state index < -0.39 is 0 Å². The summed E-state index contributed by atoms with van der Waals surface area (Å²) in [5.74, 6) is 0.695. The zero-order valence-corrected chi connectivity index (χ0v) is 31.7. The molecular formula is C56H36N2. The molecule has 0 aliphatic carbocycles. The molecule has 0 bridgehead atoms. The van der Waals surface area contributed by atoms with Gasteiger partial charge in [0.05, 0.1) is 11.4 Å². The molecule has 0 spiro atoms. The lowest BCUT2D eigenvalue weighted by molar-refractivity contribution is 1.18. The highest BCUT2D eigenvalue weighted by Gasteiger charge is 2.16.